The smallest absolute Gasteiger partial charge is 0.312 e. The van der Waals surface area contributed by atoms with Crippen molar-refractivity contribution in [2.24, 2.45) is 0 Å². The van der Waals surface area contributed by atoms with Gasteiger partial charge in [0.2, 0.25) is 0 Å². The van der Waals surface area contributed by atoms with Crippen LogP contribution in [0.4, 0.5) is 11.4 Å². The summed E-state index contributed by atoms with van der Waals surface area (Å²) in [5, 5.41) is 15.5. The molecule has 25 heavy (non-hydrogen) atoms. The molecule has 3 rings (SSSR count). The van der Waals surface area contributed by atoms with E-state index in [0.717, 1.165) is 6.42 Å². The van der Waals surface area contributed by atoms with Gasteiger partial charge < -0.3 is 9.64 Å². The number of hydrogen-bond acceptors (Lipinski definition) is 5. The molecule has 1 amide bonds. The third kappa shape index (κ3) is 2.84. The highest BCUT2D eigenvalue weighted by molar-refractivity contribution is 5.98. The molecular formula is C17H20N4O4. The van der Waals surface area contributed by atoms with Crippen molar-refractivity contribution < 1.29 is 14.5 Å². The van der Waals surface area contributed by atoms with E-state index in [0.29, 0.717) is 35.8 Å². The number of carbonyl (C=O) groups is 1. The number of piperidine rings is 1. The first-order valence-electron chi connectivity index (χ1n) is 8.10. The Kier molecular flexibility index (Phi) is 4.43. The van der Waals surface area contributed by atoms with Gasteiger partial charge in [-0.2, -0.15) is 5.10 Å². The average Bonchev–Trinajstić information content (AvgIpc) is 2.89. The largest absolute Gasteiger partial charge is 0.495 e. The maximum Gasteiger partial charge on any atom is 0.312 e. The predicted molar refractivity (Wildman–Crippen MR) is 92.0 cm³/mol. The standard InChI is InChI=1S/C17H20N4O4/c1-11-16(21(23)24)12(2)20(18-11)14-8-6-10-19(17(14)22)13-7-4-5-9-15(13)25-3/h4-5,7,9,14H,6,8,10H2,1-3H3. The summed E-state index contributed by atoms with van der Waals surface area (Å²) in [4.78, 5) is 25.5. The van der Waals surface area contributed by atoms with E-state index < -0.39 is 11.0 Å². The van der Waals surface area contributed by atoms with Crippen LogP contribution in [-0.4, -0.2) is 34.3 Å². The highest BCUT2D eigenvalue weighted by Gasteiger charge is 2.36. The quantitative estimate of drug-likeness (QED) is 0.628. The molecule has 1 saturated heterocycles. The topological polar surface area (TPSA) is 90.5 Å². The summed E-state index contributed by atoms with van der Waals surface area (Å²) >= 11 is 0. The van der Waals surface area contributed by atoms with Crippen molar-refractivity contribution in [2.75, 3.05) is 18.6 Å². The maximum absolute atomic E-state index is 13.1. The molecule has 1 aromatic heterocycles. The fraction of sp³-hybridized carbons (Fsp3) is 0.412. The highest BCUT2D eigenvalue weighted by Crippen LogP contribution is 2.35. The van der Waals surface area contributed by atoms with Crippen molar-refractivity contribution in [3.05, 3.63) is 45.8 Å². The molecule has 0 bridgehead atoms. The first-order valence-corrected chi connectivity index (χ1v) is 8.10. The Morgan fingerprint density at radius 3 is 2.68 bits per heavy atom. The van der Waals surface area contributed by atoms with Crippen LogP contribution in [0.1, 0.15) is 30.3 Å². The van der Waals surface area contributed by atoms with E-state index in [1.807, 2.05) is 18.2 Å². The molecule has 0 saturated carbocycles. The first-order chi connectivity index (χ1) is 12.0. The second-order valence-corrected chi connectivity index (χ2v) is 6.04. The third-order valence-corrected chi connectivity index (χ3v) is 4.55. The van der Waals surface area contributed by atoms with Crippen LogP contribution in [-0.2, 0) is 4.79 Å². The minimum absolute atomic E-state index is 0.0257. The Morgan fingerprint density at radius 2 is 2.04 bits per heavy atom. The van der Waals surface area contributed by atoms with Gasteiger partial charge in [-0.05, 0) is 38.8 Å². The summed E-state index contributed by atoms with van der Waals surface area (Å²) in [6, 6.07) is 6.79. The van der Waals surface area contributed by atoms with Crippen LogP contribution in [0.25, 0.3) is 0 Å². The van der Waals surface area contributed by atoms with Gasteiger partial charge in [0.1, 0.15) is 23.2 Å². The fourth-order valence-electron chi connectivity index (χ4n) is 3.40. The number of ether oxygens (including phenoxy) is 1. The van der Waals surface area contributed by atoms with E-state index in [1.165, 1.54) is 4.68 Å². The van der Waals surface area contributed by atoms with Gasteiger partial charge in [-0.15, -0.1) is 0 Å². The van der Waals surface area contributed by atoms with Crippen molar-refractivity contribution in [3.8, 4) is 5.75 Å². The van der Waals surface area contributed by atoms with Crippen LogP contribution < -0.4 is 9.64 Å². The molecule has 1 aromatic carbocycles. The Balaban J connectivity index is 1.99. The number of nitro groups is 1. The van der Waals surface area contributed by atoms with Gasteiger partial charge in [-0.3, -0.25) is 14.9 Å². The van der Waals surface area contributed by atoms with Crippen LogP contribution in [0.15, 0.2) is 24.3 Å². The number of anilines is 1. The number of nitrogens with zero attached hydrogens (tertiary/aromatic N) is 4. The molecule has 8 heteroatoms. The van der Waals surface area contributed by atoms with E-state index in [1.54, 1.807) is 31.9 Å². The molecule has 1 atom stereocenters. The monoisotopic (exact) mass is 344 g/mol. The SMILES string of the molecule is COc1ccccc1N1CCCC(n2nc(C)c([N+](=O)[O-])c2C)C1=O. The zero-order chi connectivity index (χ0) is 18.1. The van der Waals surface area contributed by atoms with Gasteiger partial charge in [0.05, 0.1) is 17.7 Å². The number of hydrogen-bond donors (Lipinski definition) is 0. The van der Waals surface area contributed by atoms with E-state index >= 15 is 0 Å². The van der Waals surface area contributed by atoms with Crippen molar-refractivity contribution in [3.63, 3.8) is 0 Å². The number of rotatable bonds is 4. The van der Waals surface area contributed by atoms with Crippen LogP contribution in [0.2, 0.25) is 0 Å². The molecule has 0 radical (unpaired) electrons. The lowest BCUT2D eigenvalue weighted by atomic mass is 10.0. The van der Waals surface area contributed by atoms with Crippen LogP contribution in [0.5, 0.6) is 5.75 Å². The second-order valence-electron chi connectivity index (χ2n) is 6.04. The number of methoxy groups -OCH3 is 1. The van der Waals surface area contributed by atoms with Crippen LogP contribution in [0, 0.1) is 24.0 Å². The van der Waals surface area contributed by atoms with Crippen molar-refractivity contribution in [1.82, 2.24) is 9.78 Å². The van der Waals surface area contributed by atoms with E-state index in [9.17, 15) is 14.9 Å². The van der Waals surface area contributed by atoms with Crippen LogP contribution in [0.3, 0.4) is 0 Å². The molecule has 132 valence electrons. The van der Waals surface area contributed by atoms with E-state index in [4.69, 9.17) is 4.74 Å². The molecule has 1 aliphatic heterocycles. The molecule has 1 fully saturated rings. The van der Waals surface area contributed by atoms with Gasteiger partial charge in [0.25, 0.3) is 5.91 Å². The summed E-state index contributed by atoms with van der Waals surface area (Å²) in [7, 11) is 1.56. The third-order valence-electron chi connectivity index (χ3n) is 4.55. The van der Waals surface area contributed by atoms with Gasteiger partial charge in [0, 0.05) is 6.54 Å². The summed E-state index contributed by atoms with van der Waals surface area (Å²) in [5.74, 6) is 0.493. The molecule has 8 nitrogen and oxygen atoms in total. The molecule has 1 aliphatic rings. The van der Waals surface area contributed by atoms with E-state index in [2.05, 4.69) is 5.10 Å². The maximum atomic E-state index is 13.1. The number of para-hydroxylation sites is 2. The van der Waals surface area contributed by atoms with E-state index in [-0.39, 0.29) is 11.6 Å². The Labute approximate surface area is 145 Å². The zero-order valence-electron chi connectivity index (χ0n) is 14.4. The minimum Gasteiger partial charge on any atom is -0.495 e. The molecule has 0 N–H and O–H groups in total. The summed E-state index contributed by atoms with van der Waals surface area (Å²) in [6.07, 6.45) is 1.38. The molecular weight excluding hydrogens is 324 g/mol. The first kappa shape index (κ1) is 16.9. The number of amides is 1. The lowest BCUT2D eigenvalue weighted by Gasteiger charge is -2.33. The Morgan fingerprint density at radius 1 is 1.32 bits per heavy atom. The lowest BCUT2D eigenvalue weighted by Crippen LogP contribution is -2.43. The number of aryl methyl sites for hydroxylation is 1. The molecule has 1 unspecified atom stereocenters. The highest BCUT2D eigenvalue weighted by atomic mass is 16.6. The minimum atomic E-state index is -0.550. The van der Waals surface area contributed by atoms with Crippen molar-refractivity contribution in [1.29, 1.82) is 0 Å². The molecule has 0 aliphatic carbocycles. The fourth-order valence-corrected chi connectivity index (χ4v) is 3.40. The van der Waals surface area contributed by atoms with Gasteiger partial charge in [0.15, 0.2) is 0 Å². The van der Waals surface area contributed by atoms with Crippen molar-refractivity contribution >= 4 is 17.3 Å². The normalized spacial score (nSPS) is 17.6. The predicted octanol–water partition coefficient (Wildman–Crippen LogP) is 2.78. The number of carbonyl (C=O) groups excluding carboxylic acids is 1. The summed E-state index contributed by atoms with van der Waals surface area (Å²) in [6.45, 7) is 3.80. The summed E-state index contributed by atoms with van der Waals surface area (Å²) in [5.41, 5.74) is 1.41. The second kappa shape index (κ2) is 6.54. The summed E-state index contributed by atoms with van der Waals surface area (Å²) < 4.78 is 6.86. The molecule has 0 spiro atoms. The number of benzene rings is 1. The zero-order valence-corrected chi connectivity index (χ0v) is 14.4. The van der Waals surface area contributed by atoms with Gasteiger partial charge in [-0.25, -0.2) is 4.68 Å². The molecule has 2 aromatic rings. The number of aromatic nitrogens is 2. The lowest BCUT2D eigenvalue weighted by molar-refractivity contribution is -0.386. The molecule has 2 heterocycles. The average molecular weight is 344 g/mol. The van der Waals surface area contributed by atoms with Gasteiger partial charge in [-0.1, -0.05) is 12.1 Å². The Bertz CT molecular complexity index is 830. The Hall–Kier alpha value is -2.90. The van der Waals surface area contributed by atoms with Crippen molar-refractivity contribution in [2.45, 2.75) is 32.7 Å². The van der Waals surface area contributed by atoms with Crippen LogP contribution >= 0.6 is 0 Å². The van der Waals surface area contributed by atoms with Gasteiger partial charge >= 0.3 is 5.69 Å².